The van der Waals surface area contributed by atoms with Gasteiger partial charge in [0, 0.05) is 26.3 Å². The molecule has 5 heteroatoms. The number of nitrogens with zero attached hydrogens (tertiary/aromatic N) is 2. The number of rotatable bonds is 2. The van der Waals surface area contributed by atoms with Crippen molar-refractivity contribution in [2.75, 3.05) is 7.11 Å². The van der Waals surface area contributed by atoms with Gasteiger partial charge in [0.2, 0.25) is 0 Å². The van der Waals surface area contributed by atoms with E-state index in [-0.39, 0.29) is 26.1 Å². The normalized spacial score (nSPS) is 9.13. The monoisotopic (exact) mass is 485 g/mol. The van der Waals surface area contributed by atoms with Crippen LogP contribution in [0, 0.1) is 13.0 Å². The van der Waals surface area contributed by atoms with Gasteiger partial charge in [0.1, 0.15) is 0 Å². The van der Waals surface area contributed by atoms with Gasteiger partial charge < -0.3 is 14.7 Å². The van der Waals surface area contributed by atoms with Crippen LogP contribution < -0.4 is 4.98 Å². The van der Waals surface area contributed by atoms with Crippen LogP contribution in [0.1, 0.15) is 16.1 Å². The summed E-state index contributed by atoms with van der Waals surface area (Å²) in [5, 5.41) is 0. The number of methoxy groups -OCH3 is 1. The zero-order valence-corrected chi connectivity index (χ0v) is 15.2. The van der Waals surface area contributed by atoms with Crippen molar-refractivity contribution in [1.82, 2.24) is 9.97 Å². The number of carbonyl (C=O) groups excluding carboxylic acids is 1. The van der Waals surface area contributed by atoms with Gasteiger partial charge in [0.25, 0.3) is 0 Å². The molecule has 0 saturated carbocycles. The van der Waals surface area contributed by atoms with Crippen molar-refractivity contribution in [2.24, 2.45) is 0 Å². The largest absolute Gasteiger partial charge is 0.658 e. The van der Waals surface area contributed by atoms with Crippen LogP contribution in [-0.2, 0) is 24.8 Å². The molecule has 1 aromatic carbocycles. The Bertz CT molecular complexity index is 713. The molecule has 0 bridgehead atoms. The summed E-state index contributed by atoms with van der Waals surface area (Å²) < 4.78 is 4.39. The summed E-state index contributed by atoms with van der Waals surface area (Å²) in [4.78, 5) is 18.6. The SMILES string of the molecule is COC(=O)c1ccc[n-]1.Cc1cc[c-]c(-c2ccccn2)c1.[Ir]. The van der Waals surface area contributed by atoms with Crippen molar-refractivity contribution in [2.45, 2.75) is 6.92 Å². The van der Waals surface area contributed by atoms with Gasteiger partial charge >= 0.3 is 5.97 Å². The molecule has 0 unspecified atom stereocenters. The molecule has 23 heavy (non-hydrogen) atoms. The summed E-state index contributed by atoms with van der Waals surface area (Å²) in [5.41, 5.74) is 3.63. The molecule has 3 aromatic rings. The molecule has 0 N–H and O–H groups in total. The molecule has 121 valence electrons. The molecule has 3 rings (SSSR count). The van der Waals surface area contributed by atoms with Gasteiger partial charge in [-0.05, 0) is 17.5 Å². The van der Waals surface area contributed by atoms with Crippen LogP contribution in [-0.4, -0.2) is 18.1 Å². The maximum atomic E-state index is 10.6. The number of hydrogen-bond donors (Lipinski definition) is 0. The van der Waals surface area contributed by atoms with Gasteiger partial charge in [0.15, 0.2) is 0 Å². The van der Waals surface area contributed by atoms with Crippen molar-refractivity contribution in [3.8, 4) is 11.3 Å². The Morgan fingerprint density at radius 1 is 1.22 bits per heavy atom. The third-order valence-electron chi connectivity index (χ3n) is 2.85. The van der Waals surface area contributed by atoms with E-state index < -0.39 is 0 Å². The molecular weight excluding hydrogens is 468 g/mol. The van der Waals surface area contributed by atoms with E-state index in [2.05, 4.69) is 33.8 Å². The topological polar surface area (TPSA) is 53.3 Å². The quantitative estimate of drug-likeness (QED) is 0.414. The average Bonchev–Trinajstić information content (AvgIpc) is 3.10. The molecule has 0 saturated heterocycles. The van der Waals surface area contributed by atoms with Crippen molar-refractivity contribution in [1.29, 1.82) is 0 Å². The van der Waals surface area contributed by atoms with Crippen molar-refractivity contribution in [3.05, 3.63) is 78.2 Å². The third-order valence-corrected chi connectivity index (χ3v) is 2.85. The molecule has 4 nitrogen and oxygen atoms in total. The molecule has 0 aliphatic carbocycles. The number of ether oxygens (including phenoxy) is 1. The van der Waals surface area contributed by atoms with Gasteiger partial charge in [-0.2, -0.15) is 6.20 Å². The molecule has 0 spiro atoms. The number of hydrogen-bond acceptors (Lipinski definition) is 3. The second-order valence-electron chi connectivity index (χ2n) is 4.51. The number of pyridine rings is 1. The maximum absolute atomic E-state index is 10.6. The first-order valence-corrected chi connectivity index (χ1v) is 6.76. The van der Waals surface area contributed by atoms with E-state index in [1.807, 2.05) is 30.3 Å². The molecule has 2 aromatic heterocycles. The number of esters is 1. The van der Waals surface area contributed by atoms with Crippen LogP contribution in [0.4, 0.5) is 0 Å². The standard InChI is InChI=1S/C12H10N.C6H7NO2.Ir/c1-10-5-4-6-11(9-10)12-7-2-3-8-13-12;1-9-6(8)5-3-2-4-7-5;/h2-5,7-9H,1H3;2-4H,1H3,(H,7,8);/q-1;;/p-1. The van der Waals surface area contributed by atoms with E-state index in [0.29, 0.717) is 5.69 Å². The molecule has 2 heterocycles. The summed E-state index contributed by atoms with van der Waals surface area (Å²) in [7, 11) is 1.33. The number of aromatic nitrogens is 2. The number of aryl methyl sites for hydroxylation is 1. The second kappa shape index (κ2) is 9.72. The van der Waals surface area contributed by atoms with Crippen LogP contribution in [0.3, 0.4) is 0 Å². The van der Waals surface area contributed by atoms with Crippen LogP contribution >= 0.6 is 0 Å². The third kappa shape index (κ3) is 5.81. The van der Waals surface area contributed by atoms with E-state index in [1.165, 1.54) is 12.7 Å². The molecule has 0 amide bonds. The van der Waals surface area contributed by atoms with Gasteiger partial charge in [-0.15, -0.1) is 35.4 Å². The zero-order valence-electron chi connectivity index (χ0n) is 12.8. The van der Waals surface area contributed by atoms with Crippen LogP contribution in [0.15, 0.2) is 60.9 Å². The molecular formula is C18H16IrN2O2-2. The summed E-state index contributed by atoms with van der Waals surface area (Å²) in [5.74, 6) is -0.389. The van der Waals surface area contributed by atoms with Gasteiger partial charge in [-0.3, -0.25) is 0 Å². The Morgan fingerprint density at radius 2 is 2.04 bits per heavy atom. The Balaban J connectivity index is 0.000000235. The molecule has 0 fully saturated rings. The van der Waals surface area contributed by atoms with E-state index in [9.17, 15) is 4.79 Å². The zero-order chi connectivity index (χ0) is 15.8. The first kappa shape index (κ1) is 18.8. The summed E-state index contributed by atoms with van der Waals surface area (Å²) >= 11 is 0. The maximum Gasteiger partial charge on any atom is 0.315 e. The number of benzene rings is 1. The second-order valence-corrected chi connectivity index (χ2v) is 4.51. The Hall–Kier alpha value is -2.23. The first-order chi connectivity index (χ1) is 10.7. The summed E-state index contributed by atoms with van der Waals surface area (Å²) in [6, 6.07) is 18.4. The van der Waals surface area contributed by atoms with Crippen LogP contribution in [0.5, 0.6) is 0 Å². The summed E-state index contributed by atoms with van der Waals surface area (Å²) in [6.45, 7) is 2.07. The Kier molecular flexibility index (Phi) is 7.95. The minimum Gasteiger partial charge on any atom is -0.658 e. The fraction of sp³-hybridized carbons (Fsp3) is 0.111. The average molecular weight is 485 g/mol. The fourth-order valence-corrected chi connectivity index (χ4v) is 1.78. The predicted octanol–water partition coefficient (Wildman–Crippen LogP) is 3.29. The van der Waals surface area contributed by atoms with E-state index >= 15 is 0 Å². The number of carbonyl (C=O) groups is 1. The van der Waals surface area contributed by atoms with Crippen molar-refractivity contribution in [3.63, 3.8) is 0 Å². The Labute approximate surface area is 149 Å². The molecule has 1 radical (unpaired) electrons. The Morgan fingerprint density at radius 3 is 2.61 bits per heavy atom. The van der Waals surface area contributed by atoms with Gasteiger partial charge in [-0.25, -0.2) is 4.79 Å². The summed E-state index contributed by atoms with van der Waals surface area (Å²) in [6.07, 6.45) is 3.34. The first-order valence-electron chi connectivity index (χ1n) is 6.76. The van der Waals surface area contributed by atoms with Gasteiger partial charge in [-0.1, -0.05) is 31.2 Å². The van der Waals surface area contributed by atoms with E-state index in [4.69, 9.17) is 0 Å². The molecule has 0 aliphatic rings. The van der Waals surface area contributed by atoms with Crippen molar-refractivity contribution < 1.29 is 29.6 Å². The minimum absolute atomic E-state index is 0. The van der Waals surface area contributed by atoms with Crippen molar-refractivity contribution >= 4 is 5.97 Å². The van der Waals surface area contributed by atoms with E-state index in [0.717, 1.165) is 11.3 Å². The van der Waals surface area contributed by atoms with Crippen LogP contribution in [0.2, 0.25) is 0 Å². The smallest absolute Gasteiger partial charge is 0.315 e. The predicted molar refractivity (Wildman–Crippen MR) is 84.3 cm³/mol. The van der Waals surface area contributed by atoms with Crippen LogP contribution in [0.25, 0.3) is 11.3 Å². The molecule has 0 atom stereocenters. The molecule has 0 aliphatic heterocycles. The van der Waals surface area contributed by atoms with E-state index in [1.54, 1.807) is 24.5 Å². The fourth-order valence-electron chi connectivity index (χ4n) is 1.78. The van der Waals surface area contributed by atoms with Gasteiger partial charge in [0.05, 0.1) is 7.11 Å². The minimum atomic E-state index is -0.389.